The summed E-state index contributed by atoms with van der Waals surface area (Å²) >= 11 is 0. The second kappa shape index (κ2) is 10.1. The van der Waals surface area contributed by atoms with Gasteiger partial charge in [-0.05, 0) is 80.5 Å². The molecule has 1 aromatic heterocycles. The Kier molecular flexibility index (Phi) is 7.27. The molecule has 0 bridgehead atoms. The highest BCUT2D eigenvalue weighted by Crippen LogP contribution is 2.35. The molecule has 1 fully saturated rings. The molecule has 1 atom stereocenters. The Morgan fingerprint density at radius 3 is 2.88 bits per heavy atom. The minimum absolute atomic E-state index is 0. The maximum absolute atomic E-state index is 13.7. The van der Waals surface area contributed by atoms with Crippen molar-refractivity contribution >= 4 is 23.3 Å². The van der Waals surface area contributed by atoms with Crippen LogP contribution in [0.4, 0.5) is 4.39 Å². The van der Waals surface area contributed by atoms with Gasteiger partial charge < -0.3 is 14.5 Å². The predicted octanol–water partition coefficient (Wildman–Crippen LogP) is 5.78. The molecule has 172 valence electrons. The molecule has 1 aliphatic carbocycles. The zero-order valence-corrected chi connectivity index (χ0v) is 19.4. The van der Waals surface area contributed by atoms with Crippen molar-refractivity contribution in [3.8, 4) is 11.5 Å². The number of hydrogen-bond donors (Lipinski definition) is 1. The Hall–Kier alpha value is -2.24. The van der Waals surface area contributed by atoms with Crippen molar-refractivity contribution in [1.29, 1.82) is 0 Å². The van der Waals surface area contributed by atoms with Gasteiger partial charge in [0.05, 0.1) is 7.11 Å². The zero-order chi connectivity index (χ0) is 21.2. The van der Waals surface area contributed by atoms with E-state index >= 15 is 0 Å². The van der Waals surface area contributed by atoms with Gasteiger partial charge in [0.15, 0.2) is 0 Å². The van der Waals surface area contributed by atoms with E-state index in [1.54, 1.807) is 13.2 Å². The van der Waals surface area contributed by atoms with E-state index < -0.39 is 0 Å². The van der Waals surface area contributed by atoms with E-state index in [1.165, 1.54) is 36.5 Å². The Morgan fingerprint density at radius 1 is 1.22 bits per heavy atom. The van der Waals surface area contributed by atoms with Crippen molar-refractivity contribution in [1.82, 2.24) is 9.88 Å². The molecule has 0 spiro atoms. The second-order valence-corrected chi connectivity index (χ2v) is 9.01. The number of rotatable bonds is 8. The first-order chi connectivity index (χ1) is 15.2. The van der Waals surface area contributed by atoms with Crippen molar-refractivity contribution in [3.63, 3.8) is 0 Å². The monoisotopic (exact) mass is 458 g/mol. The summed E-state index contributed by atoms with van der Waals surface area (Å²) in [6, 6.07) is 11.4. The van der Waals surface area contributed by atoms with Crippen LogP contribution in [0.3, 0.4) is 0 Å². The number of nitrogens with one attached hydrogen (secondary N) is 1. The molecular weight excluding hydrogens is 427 g/mol. The number of benzene rings is 2. The maximum Gasteiger partial charge on any atom is 0.126 e. The topological polar surface area (TPSA) is 37.5 Å². The fourth-order valence-electron chi connectivity index (χ4n) is 5.05. The van der Waals surface area contributed by atoms with Gasteiger partial charge in [-0.25, -0.2) is 4.39 Å². The average molecular weight is 459 g/mol. The van der Waals surface area contributed by atoms with Crippen molar-refractivity contribution in [2.45, 2.75) is 44.6 Å². The molecule has 3 aromatic rings. The molecule has 6 heteroatoms. The highest BCUT2D eigenvalue weighted by molar-refractivity contribution is 5.85. The van der Waals surface area contributed by atoms with E-state index in [-0.39, 0.29) is 18.2 Å². The van der Waals surface area contributed by atoms with Crippen molar-refractivity contribution < 1.29 is 13.9 Å². The first-order valence-corrected chi connectivity index (χ1v) is 11.5. The third-order valence-corrected chi connectivity index (χ3v) is 7.04. The molecule has 5 rings (SSSR count). The molecule has 0 saturated heterocycles. The van der Waals surface area contributed by atoms with Gasteiger partial charge >= 0.3 is 0 Å². The number of halogens is 2. The van der Waals surface area contributed by atoms with Crippen LogP contribution in [-0.2, 0) is 12.8 Å². The number of fused-ring (bicyclic) bond motifs is 2. The van der Waals surface area contributed by atoms with Crippen LogP contribution >= 0.6 is 12.4 Å². The summed E-state index contributed by atoms with van der Waals surface area (Å²) in [5, 5.41) is 1.00. The molecule has 2 aromatic carbocycles. The molecule has 1 N–H and O–H groups in total. The summed E-state index contributed by atoms with van der Waals surface area (Å²) in [4.78, 5) is 5.91. The second-order valence-electron chi connectivity index (χ2n) is 9.01. The largest absolute Gasteiger partial charge is 0.496 e. The quantitative estimate of drug-likeness (QED) is 0.465. The van der Waals surface area contributed by atoms with E-state index in [2.05, 4.69) is 9.88 Å². The lowest BCUT2D eigenvalue weighted by Gasteiger charge is -2.39. The van der Waals surface area contributed by atoms with Gasteiger partial charge in [0.1, 0.15) is 23.9 Å². The van der Waals surface area contributed by atoms with Crippen LogP contribution in [-0.4, -0.2) is 42.7 Å². The average Bonchev–Trinajstić information content (AvgIpc) is 3.16. The molecular formula is C26H32ClFN2O2. The van der Waals surface area contributed by atoms with E-state index in [0.717, 1.165) is 67.3 Å². The summed E-state index contributed by atoms with van der Waals surface area (Å²) < 4.78 is 25.5. The van der Waals surface area contributed by atoms with Gasteiger partial charge in [0.25, 0.3) is 0 Å². The Labute approximate surface area is 195 Å². The smallest absolute Gasteiger partial charge is 0.126 e. The molecule has 1 unspecified atom stereocenters. The molecule has 2 aliphatic rings. The van der Waals surface area contributed by atoms with E-state index in [0.29, 0.717) is 6.04 Å². The summed E-state index contributed by atoms with van der Waals surface area (Å²) in [6.07, 6.45) is 9.02. The van der Waals surface area contributed by atoms with Gasteiger partial charge in [-0.3, -0.25) is 4.90 Å². The van der Waals surface area contributed by atoms with Crippen LogP contribution in [0.2, 0.25) is 0 Å². The summed E-state index contributed by atoms with van der Waals surface area (Å²) in [5.41, 5.74) is 3.39. The number of ether oxygens (including phenoxy) is 2. The van der Waals surface area contributed by atoms with Crippen molar-refractivity contribution in [2.24, 2.45) is 5.92 Å². The molecule has 1 saturated carbocycles. The minimum Gasteiger partial charge on any atom is -0.496 e. The lowest BCUT2D eigenvalue weighted by atomic mass is 9.84. The Bertz CT molecular complexity index is 1040. The fourth-order valence-corrected chi connectivity index (χ4v) is 5.05. The highest BCUT2D eigenvalue weighted by Gasteiger charge is 2.30. The van der Waals surface area contributed by atoms with Crippen LogP contribution in [0.1, 0.15) is 36.8 Å². The first kappa shape index (κ1) is 22.9. The minimum atomic E-state index is -0.174. The van der Waals surface area contributed by atoms with Crippen LogP contribution in [0, 0.1) is 11.7 Å². The van der Waals surface area contributed by atoms with Gasteiger partial charge in [-0.15, -0.1) is 12.4 Å². The lowest BCUT2D eigenvalue weighted by Crippen LogP contribution is -2.46. The van der Waals surface area contributed by atoms with Gasteiger partial charge in [0, 0.05) is 35.2 Å². The van der Waals surface area contributed by atoms with Crippen molar-refractivity contribution in [2.75, 3.05) is 26.8 Å². The first-order valence-electron chi connectivity index (χ1n) is 11.5. The van der Waals surface area contributed by atoms with Crippen LogP contribution < -0.4 is 9.47 Å². The van der Waals surface area contributed by atoms with Crippen LogP contribution in [0.25, 0.3) is 10.9 Å². The number of nitrogens with zero attached hydrogens (tertiary/aromatic N) is 1. The summed E-state index contributed by atoms with van der Waals surface area (Å²) in [5.74, 6) is 2.51. The SMILES string of the molecule is COc1cccc2c1CC(N(CCCc1c[nH]c3ccc(F)cc13)CC1CCC1)CO2.Cl. The van der Waals surface area contributed by atoms with Gasteiger partial charge in [-0.2, -0.15) is 0 Å². The summed E-state index contributed by atoms with van der Waals surface area (Å²) in [7, 11) is 1.73. The van der Waals surface area contributed by atoms with Gasteiger partial charge in [0.2, 0.25) is 0 Å². The van der Waals surface area contributed by atoms with E-state index in [4.69, 9.17) is 9.47 Å². The molecule has 2 heterocycles. The summed E-state index contributed by atoms with van der Waals surface area (Å²) in [6.45, 7) is 2.89. The van der Waals surface area contributed by atoms with Crippen LogP contribution in [0.5, 0.6) is 11.5 Å². The number of hydrogen-bond acceptors (Lipinski definition) is 3. The predicted molar refractivity (Wildman–Crippen MR) is 129 cm³/mol. The molecule has 1 aliphatic heterocycles. The number of methoxy groups -OCH3 is 1. The molecule has 4 nitrogen and oxygen atoms in total. The van der Waals surface area contributed by atoms with E-state index in [1.807, 2.05) is 30.5 Å². The lowest BCUT2D eigenvalue weighted by molar-refractivity contribution is 0.0843. The number of aromatic amines is 1. The molecule has 0 radical (unpaired) electrons. The van der Waals surface area contributed by atoms with Gasteiger partial charge in [-0.1, -0.05) is 12.5 Å². The highest BCUT2D eigenvalue weighted by atomic mass is 35.5. The normalized spacial score (nSPS) is 18.0. The standard InChI is InChI=1S/C26H31FN2O2.ClH/c1-30-25-8-3-9-26-23(25)14-21(17-31-26)29(16-18-5-2-6-18)12-4-7-19-15-28-24-11-10-20(27)13-22(19)24;/h3,8-11,13,15,18,21,28H,2,4-7,12,14,16-17H2,1H3;1H. The number of aryl methyl sites for hydroxylation is 1. The number of aromatic nitrogens is 1. The Balaban J connectivity index is 0.00000245. The third kappa shape index (κ3) is 4.74. The molecule has 32 heavy (non-hydrogen) atoms. The Morgan fingerprint density at radius 2 is 2.09 bits per heavy atom. The van der Waals surface area contributed by atoms with Crippen molar-refractivity contribution in [3.05, 3.63) is 59.5 Å². The molecule has 0 amide bonds. The maximum atomic E-state index is 13.7. The fraction of sp³-hybridized carbons (Fsp3) is 0.462. The third-order valence-electron chi connectivity index (χ3n) is 7.04. The number of H-pyrrole nitrogens is 1. The zero-order valence-electron chi connectivity index (χ0n) is 18.6. The van der Waals surface area contributed by atoms with E-state index in [9.17, 15) is 4.39 Å². The van der Waals surface area contributed by atoms with Crippen LogP contribution in [0.15, 0.2) is 42.6 Å².